The van der Waals surface area contributed by atoms with Crippen LogP contribution in [0.5, 0.6) is 0 Å². The third-order valence-corrected chi connectivity index (χ3v) is 1.75. The summed E-state index contributed by atoms with van der Waals surface area (Å²) in [6.07, 6.45) is 4.59. The standard InChI is InChI=1S/C12H11N3O/c1-2-6-15-12(16)10(9-13)8-11-5-3-4-7-14-11/h2-5,7-8H,1,6H2,(H,15,16)/b10-8-. The van der Waals surface area contributed by atoms with Gasteiger partial charge in [-0.2, -0.15) is 5.26 Å². The normalized spacial score (nSPS) is 10.3. The quantitative estimate of drug-likeness (QED) is 0.465. The van der Waals surface area contributed by atoms with Crippen LogP contribution < -0.4 is 5.32 Å². The lowest BCUT2D eigenvalue weighted by Gasteiger charge is -1.99. The number of nitrogens with one attached hydrogen (secondary N) is 1. The minimum absolute atomic E-state index is 0.0283. The van der Waals surface area contributed by atoms with E-state index < -0.39 is 5.91 Å². The second-order valence-electron chi connectivity index (χ2n) is 2.92. The maximum atomic E-state index is 11.5. The van der Waals surface area contributed by atoms with Crippen molar-refractivity contribution in [2.45, 2.75) is 0 Å². The molecule has 1 rings (SSSR count). The molecule has 1 N–H and O–H groups in total. The predicted molar refractivity (Wildman–Crippen MR) is 61.0 cm³/mol. The molecular formula is C12H11N3O. The summed E-state index contributed by atoms with van der Waals surface area (Å²) >= 11 is 0. The first kappa shape index (κ1) is 11.7. The molecule has 0 radical (unpaired) electrons. The van der Waals surface area contributed by atoms with Crippen molar-refractivity contribution in [3.63, 3.8) is 0 Å². The number of carbonyl (C=O) groups excluding carboxylic acids is 1. The first-order valence-corrected chi connectivity index (χ1v) is 4.70. The zero-order chi connectivity index (χ0) is 11.8. The van der Waals surface area contributed by atoms with Crippen LogP contribution in [0.3, 0.4) is 0 Å². The van der Waals surface area contributed by atoms with Crippen molar-refractivity contribution >= 4 is 12.0 Å². The summed E-state index contributed by atoms with van der Waals surface area (Å²) in [5.74, 6) is -0.423. The van der Waals surface area contributed by atoms with E-state index in [-0.39, 0.29) is 5.57 Å². The lowest BCUT2D eigenvalue weighted by molar-refractivity contribution is -0.116. The van der Waals surface area contributed by atoms with Crippen molar-refractivity contribution in [2.24, 2.45) is 0 Å². The topological polar surface area (TPSA) is 65.8 Å². The number of rotatable bonds is 4. The van der Waals surface area contributed by atoms with Gasteiger partial charge < -0.3 is 5.32 Å². The van der Waals surface area contributed by atoms with Gasteiger partial charge in [0.1, 0.15) is 11.6 Å². The Bertz CT molecular complexity index is 443. The van der Waals surface area contributed by atoms with Gasteiger partial charge in [0.2, 0.25) is 0 Å². The fourth-order valence-electron chi connectivity index (χ4n) is 1.02. The van der Waals surface area contributed by atoms with Crippen molar-refractivity contribution in [1.82, 2.24) is 10.3 Å². The molecule has 0 spiro atoms. The molecule has 4 nitrogen and oxygen atoms in total. The predicted octanol–water partition coefficient (Wildman–Crippen LogP) is 1.29. The smallest absolute Gasteiger partial charge is 0.262 e. The van der Waals surface area contributed by atoms with E-state index in [9.17, 15) is 4.79 Å². The molecule has 1 aromatic rings. The number of pyridine rings is 1. The maximum Gasteiger partial charge on any atom is 0.262 e. The van der Waals surface area contributed by atoms with E-state index in [0.717, 1.165) is 0 Å². The number of carbonyl (C=O) groups is 1. The monoisotopic (exact) mass is 213 g/mol. The van der Waals surface area contributed by atoms with Crippen LogP contribution in [0.2, 0.25) is 0 Å². The second-order valence-corrected chi connectivity index (χ2v) is 2.92. The van der Waals surface area contributed by atoms with E-state index in [0.29, 0.717) is 12.2 Å². The average Bonchev–Trinajstić information content (AvgIpc) is 2.34. The Morgan fingerprint density at radius 3 is 3.00 bits per heavy atom. The number of hydrogen-bond acceptors (Lipinski definition) is 3. The van der Waals surface area contributed by atoms with Gasteiger partial charge in [-0.15, -0.1) is 6.58 Å². The Kier molecular flexibility index (Phi) is 4.48. The van der Waals surface area contributed by atoms with Crippen LogP contribution >= 0.6 is 0 Å². The van der Waals surface area contributed by atoms with Crippen molar-refractivity contribution in [1.29, 1.82) is 5.26 Å². The molecule has 0 aliphatic heterocycles. The third-order valence-electron chi connectivity index (χ3n) is 1.75. The molecule has 0 saturated heterocycles. The van der Waals surface area contributed by atoms with Gasteiger partial charge in [0.25, 0.3) is 5.91 Å². The van der Waals surface area contributed by atoms with E-state index in [1.54, 1.807) is 30.5 Å². The summed E-state index contributed by atoms with van der Waals surface area (Å²) in [4.78, 5) is 15.5. The van der Waals surface area contributed by atoms with Crippen molar-refractivity contribution in [3.8, 4) is 6.07 Å². The van der Waals surface area contributed by atoms with Gasteiger partial charge in [-0.05, 0) is 18.2 Å². The number of nitriles is 1. The zero-order valence-electron chi connectivity index (χ0n) is 8.68. The van der Waals surface area contributed by atoms with E-state index in [1.807, 2.05) is 6.07 Å². The molecule has 0 aromatic carbocycles. The fraction of sp³-hybridized carbons (Fsp3) is 0.0833. The molecule has 4 heteroatoms. The van der Waals surface area contributed by atoms with E-state index in [4.69, 9.17) is 5.26 Å². The average molecular weight is 213 g/mol. The Balaban J connectivity index is 2.83. The van der Waals surface area contributed by atoms with Gasteiger partial charge in [0.05, 0.1) is 5.69 Å². The van der Waals surface area contributed by atoms with Crippen LogP contribution in [0.15, 0.2) is 42.6 Å². The van der Waals surface area contributed by atoms with Crippen molar-refractivity contribution < 1.29 is 4.79 Å². The van der Waals surface area contributed by atoms with Crippen LogP contribution in [0, 0.1) is 11.3 Å². The van der Waals surface area contributed by atoms with Gasteiger partial charge in [-0.3, -0.25) is 9.78 Å². The van der Waals surface area contributed by atoms with Gasteiger partial charge >= 0.3 is 0 Å². The maximum absolute atomic E-state index is 11.5. The lowest BCUT2D eigenvalue weighted by atomic mass is 10.2. The van der Waals surface area contributed by atoms with Crippen LogP contribution in [0.25, 0.3) is 6.08 Å². The summed E-state index contributed by atoms with van der Waals surface area (Å²) in [5, 5.41) is 11.4. The van der Waals surface area contributed by atoms with Crippen LogP contribution in [0.1, 0.15) is 5.69 Å². The molecule has 0 saturated carbocycles. The van der Waals surface area contributed by atoms with Crippen LogP contribution in [-0.4, -0.2) is 17.4 Å². The Morgan fingerprint density at radius 2 is 2.44 bits per heavy atom. The third kappa shape index (κ3) is 3.39. The highest BCUT2D eigenvalue weighted by atomic mass is 16.1. The Hall–Kier alpha value is -2.41. The minimum Gasteiger partial charge on any atom is -0.348 e. The van der Waals surface area contributed by atoms with Gasteiger partial charge in [-0.1, -0.05) is 12.1 Å². The fourth-order valence-corrected chi connectivity index (χ4v) is 1.02. The minimum atomic E-state index is -0.423. The highest BCUT2D eigenvalue weighted by Gasteiger charge is 2.07. The number of aromatic nitrogens is 1. The molecule has 16 heavy (non-hydrogen) atoms. The molecule has 1 aromatic heterocycles. The lowest BCUT2D eigenvalue weighted by Crippen LogP contribution is -2.24. The van der Waals surface area contributed by atoms with Gasteiger partial charge in [0.15, 0.2) is 0 Å². The molecule has 0 unspecified atom stereocenters. The highest BCUT2D eigenvalue weighted by molar-refractivity contribution is 6.01. The molecule has 80 valence electrons. The van der Waals surface area contributed by atoms with Crippen molar-refractivity contribution in [2.75, 3.05) is 6.54 Å². The van der Waals surface area contributed by atoms with Crippen LogP contribution in [0.4, 0.5) is 0 Å². The van der Waals surface area contributed by atoms with Gasteiger partial charge in [0, 0.05) is 12.7 Å². The summed E-state index contributed by atoms with van der Waals surface area (Å²) in [5.41, 5.74) is 0.605. The van der Waals surface area contributed by atoms with E-state index in [1.165, 1.54) is 6.08 Å². The molecular weight excluding hydrogens is 202 g/mol. The SMILES string of the molecule is C=CCNC(=O)/C(C#N)=C\c1ccccn1. The van der Waals surface area contributed by atoms with Crippen LogP contribution in [-0.2, 0) is 4.79 Å². The molecule has 0 bridgehead atoms. The second kappa shape index (κ2) is 6.14. The highest BCUT2D eigenvalue weighted by Crippen LogP contribution is 2.02. The largest absolute Gasteiger partial charge is 0.348 e. The Morgan fingerprint density at radius 1 is 1.62 bits per heavy atom. The summed E-state index contributed by atoms with van der Waals surface area (Å²) in [6, 6.07) is 7.11. The van der Waals surface area contributed by atoms with Crippen molar-refractivity contribution in [3.05, 3.63) is 48.3 Å². The van der Waals surface area contributed by atoms with E-state index >= 15 is 0 Å². The number of nitrogens with zero attached hydrogens (tertiary/aromatic N) is 2. The summed E-state index contributed by atoms with van der Waals surface area (Å²) < 4.78 is 0. The molecule has 0 fully saturated rings. The Labute approximate surface area is 93.9 Å². The molecule has 0 atom stereocenters. The molecule has 1 heterocycles. The first-order valence-electron chi connectivity index (χ1n) is 4.70. The summed E-state index contributed by atoms with van der Waals surface area (Å²) in [7, 11) is 0. The first-order chi connectivity index (χ1) is 7.77. The molecule has 1 amide bonds. The zero-order valence-corrected chi connectivity index (χ0v) is 8.68. The molecule has 0 aliphatic carbocycles. The number of amides is 1. The van der Waals surface area contributed by atoms with Gasteiger partial charge in [-0.25, -0.2) is 0 Å². The van der Waals surface area contributed by atoms with E-state index in [2.05, 4.69) is 16.9 Å². The number of hydrogen-bond donors (Lipinski definition) is 1. The summed E-state index contributed by atoms with van der Waals surface area (Å²) in [6.45, 7) is 3.81. The molecule has 0 aliphatic rings.